The minimum absolute atomic E-state index is 0.160. The van der Waals surface area contributed by atoms with Gasteiger partial charge in [-0.2, -0.15) is 5.10 Å². The summed E-state index contributed by atoms with van der Waals surface area (Å²) in [7, 11) is 1.82. The summed E-state index contributed by atoms with van der Waals surface area (Å²) in [6.07, 6.45) is 2.74. The number of fused-ring (bicyclic) bond motifs is 1. The number of aromatic nitrogens is 4. The second kappa shape index (κ2) is 7.44. The Hall–Kier alpha value is -3.29. The average molecular weight is 420 g/mol. The molecule has 3 aromatic rings. The Morgan fingerprint density at radius 1 is 1.10 bits per heavy atom. The van der Waals surface area contributed by atoms with Crippen LogP contribution in [0.2, 0.25) is 0 Å². The minimum atomic E-state index is -0.424. The van der Waals surface area contributed by atoms with Gasteiger partial charge in [-0.15, -0.1) is 0 Å². The van der Waals surface area contributed by atoms with E-state index < -0.39 is 5.82 Å². The summed E-state index contributed by atoms with van der Waals surface area (Å²) < 4.78 is 15.8. The zero-order chi connectivity index (χ0) is 21.7. The van der Waals surface area contributed by atoms with Crippen molar-refractivity contribution in [1.82, 2.24) is 24.6 Å². The largest absolute Gasteiger partial charge is 0.337 e. The van der Waals surface area contributed by atoms with Gasteiger partial charge in [0.15, 0.2) is 0 Å². The lowest BCUT2D eigenvalue weighted by Gasteiger charge is -2.53. The van der Waals surface area contributed by atoms with Crippen LogP contribution >= 0.6 is 0 Å². The lowest BCUT2D eigenvalue weighted by atomic mass is 9.82. The quantitative estimate of drug-likeness (QED) is 0.652. The highest BCUT2D eigenvalue weighted by molar-refractivity contribution is 6.00. The molecule has 0 aliphatic carbocycles. The molecule has 0 radical (unpaired) electrons. The van der Waals surface area contributed by atoms with Gasteiger partial charge < -0.3 is 9.80 Å². The van der Waals surface area contributed by atoms with Crippen LogP contribution in [0.5, 0.6) is 0 Å². The molecule has 0 N–H and O–H groups in total. The van der Waals surface area contributed by atoms with Crippen molar-refractivity contribution in [3.05, 3.63) is 59.3 Å². The Bertz CT molecular complexity index is 1140. The van der Waals surface area contributed by atoms with Crippen LogP contribution in [0.25, 0.3) is 11.3 Å². The van der Waals surface area contributed by atoms with E-state index in [1.807, 2.05) is 44.1 Å². The van der Waals surface area contributed by atoms with Crippen LogP contribution in [0.4, 0.5) is 10.3 Å². The number of hydrogen-bond acceptors (Lipinski definition) is 5. The first kappa shape index (κ1) is 19.7. The Labute approximate surface area is 180 Å². The predicted octanol–water partition coefficient (Wildman–Crippen LogP) is 2.98. The van der Waals surface area contributed by atoms with Gasteiger partial charge in [0.25, 0.3) is 5.91 Å². The summed E-state index contributed by atoms with van der Waals surface area (Å²) >= 11 is 0. The topological polar surface area (TPSA) is 67.2 Å². The van der Waals surface area contributed by atoms with Crippen LogP contribution < -0.4 is 4.90 Å². The van der Waals surface area contributed by atoms with E-state index >= 15 is 0 Å². The molecule has 2 fully saturated rings. The predicted molar refractivity (Wildman–Crippen MR) is 115 cm³/mol. The zero-order valence-corrected chi connectivity index (χ0v) is 17.9. The van der Waals surface area contributed by atoms with Crippen molar-refractivity contribution < 1.29 is 9.18 Å². The summed E-state index contributed by atoms with van der Waals surface area (Å²) in [5.74, 6) is 0.669. The van der Waals surface area contributed by atoms with Gasteiger partial charge in [0, 0.05) is 55.7 Å². The van der Waals surface area contributed by atoms with Crippen LogP contribution in [0.3, 0.4) is 0 Å². The number of benzene rings is 1. The number of halogens is 1. The second-order valence-electron chi connectivity index (χ2n) is 8.53. The molecule has 0 saturated carbocycles. The number of anilines is 1. The van der Waals surface area contributed by atoms with Gasteiger partial charge in [-0.3, -0.25) is 9.48 Å². The van der Waals surface area contributed by atoms with Crippen molar-refractivity contribution in [2.75, 3.05) is 24.5 Å². The highest BCUT2D eigenvalue weighted by Gasteiger charge is 2.45. The van der Waals surface area contributed by atoms with Gasteiger partial charge in [0.1, 0.15) is 5.82 Å². The maximum Gasteiger partial charge on any atom is 0.254 e. The van der Waals surface area contributed by atoms with E-state index in [1.165, 1.54) is 12.1 Å². The van der Waals surface area contributed by atoms with E-state index in [2.05, 4.69) is 20.0 Å². The lowest BCUT2D eigenvalue weighted by molar-refractivity contribution is 0.0589. The van der Waals surface area contributed by atoms with E-state index in [0.717, 1.165) is 30.3 Å². The van der Waals surface area contributed by atoms with E-state index in [4.69, 9.17) is 0 Å². The van der Waals surface area contributed by atoms with Crippen molar-refractivity contribution in [2.45, 2.75) is 26.3 Å². The summed E-state index contributed by atoms with van der Waals surface area (Å²) in [5, 5.41) is 4.40. The third kappa shape index (κ3) is 3.56. The molecular formula is C23H25FN6O. The lowest BCUT2D eigenvalue weighted by Crippen LogP contribution is -2.65. The van der Waals surface area contributed by atoms with Gasteiger partial charge in [-0.1, -0.05) is 0 Å². The molecule has 7 nitrogen and oxygen atoms in total. The molecule has 2 aromatic heterocycles. The summed E-state index contributed by atoms with van der Waals surface area (Å²) in [4.78, 5) is 26.7. The fourth-order valence-corrected chi connectivity index (χ4v) is 4.69. The van der Waals surface area contributed by atoms with Crippen LogP contribution in [0.15, 0.2) is 36.5 Å². The second-order valence-corrected chi connectivity index (χ2v) is 8.53. The maximum atomic E-state index is 14.1. The highest BCUT2D eigenvalue weighted by atomic mass is 19.1. The Kier molecular flexibility index (Phi) is 4.72. The smallest absolute Gasteiger partial charge is 0.254 e. The SMILES string of the molecule is Cc1cc(C)nc(N2C[C@@H]3CCN(C(=O)c4cc(F)ccc4-c4ccn(C)n4)C[C@@H]32)n1. The molecule has 2 saturated heterocycles. The number of hydrogen-bond donors (Lipinski definition) is 0. The van der Waals surface area contributed by atoms with Crippen molar-refractivity contribution in [3.8, 4) is 11.3 Å². The number of carbonyl (C=O) groups is 1. The number of rotatable bonds is 3. The van der Waals surface area contributed by atoms with Crippen molar-refractivity contribution in [1.29, 1.82) is 0 Å². The fourth-order valence-electron chi connectivity index (χ4n) is 4.69. The highest BCUT2D eigenvalue weighted by Crippen LogP contribution is 2.36. The number of amides is 1. The summed E-state index contributed by atoms with van der Waals surface area (Å²) in [6.45, 7) is 6.09. The van der Waals surface area contributed by atoms with Crippen molar-refractivity contribution in [3.63, 3.8) is 0 Å². The third-order valence-electron chi connectivity index (χ3n) is 6.27. The minimum Gasteiger partial charge on any atom is -0.337 e. The third-order valence-corrected chi connectivity index (χ3v) is 6.27. The molecule has 2 atom stereocenters. The van der Waals surface area contributed by atoms with E-state index in [0.29, 0.717) is 35.8 Å². The van der Waals surface area contributed by atoms with Gasteiger partial charge in [-0.25, -0.2) is 14.4 Å². The number of carbonyl (C=O) groups excluding carboxylic acids is 1. The molecule has 4 heterocycles. The molecule has 8 heteroatoms. The number of nitrogens with zero attached hydrogens (tertiary/aromatic N) is 6. The first-order chi connectivity index (χ1) is 14.9. The molecular weight excluding hydrogens is 395 g/mol. The van der Waals surface area contributed by atoms with E-state index in [9.17, 15) is 9.18 Å². The van der Waals surface area contributed by atoms with Crippen LogP contribution in [-0.4, -0.2) is 56.2 Å². The normalized spacial score (nSPS) is 20.4. The molecule has 2 aliphatic heterocycles. The standard InChI is InChI=1S/C23H25FN6O/c1-14-10-15(2)26-23(25-14)30-12-16-6-9-29(13-21(16)30)22(31)19-11-17(24)4-5-18(19)20-7-8-28(3)27-20/h4-5,7-8,10-11,16,21H,6,9,12-13H2,1-3H3/t16-,21-/m0/s1. The molecule has 160 valence electrons. The molecule has 1 aromatic carbocycles. The Morgan fingerprint density at radius 2 is 1.87 bits per heavy atom. The first-order valence-corrected chi connectivity index (χ1v) is 10.6. The van der Waals surface area contributed by atoms with E-state index in [1.54, 1.807) is 10.7 Å². The van der Waals surface area contributed by atoms with Crippen LogP contribution in [-0.2, 0) is 7.05 Å². The van der Waals surface area contributed by atoms with Gasteiger partial charge >= 0.3 is 0 Å². The molecule has 0 bridgehead atoms. The Morgan fingerprint density at radius 3 is 2.58 bits per heavy atom. The molecule has 31 heavy (non-hydrogen) atoms. The average Bonchev–Trinajstić information content (AvgIpc) is 3.13. The van der Waals surface area contributed by atoms with Gasteiger partial charge in [-0.05, 0) is 50.6 Å². The summed E-state index contributed by atoms with van der Waals surface area (Å²) in [5.41, 5.74) is 3.54. The zero-order valence-electron chi connectivity index (χ0n) is 17.9. The van der Waals surface area contributed by atoms with Gasteiger partial charge in [0.05, 0.1) is 17.3 Å². The molecule has 0 spiro atoms. The van der Waals surface area contributed by atoms with Crippen LogP contribution in [0, 0.1) is 25.6 Å². The first-order valence-electron chi connectivity index (χ1n) is 10.6. The van der Waals surface area contributed by atoms with Gasteiger partial charge in [0.2, 0.25) is 5.95 Å². The van der Waals surface area contributed by atoms with Crippen molar-refractivity contribution in [2.24, 2.45) is 13.0 Å². The monoisotopic (exact) mass is 420 g/mol. The fraction of sp³-hybridized carbons (Fsp3) is 0.391. The number of piperidine rings is 1. The van der Waals surface area contributed by atoms with Crippen molar-refractivity contribution >= 4 is 11.9 Å². The molecule has 0 unspecified atom stereocenters. The number of aryl methyl sites for hydroxylation is 3. The summed E-state index contributed by atoms with van der Waals surface area (Å²) in [6, 6.07) is 8.31. The molecule has 1 amide bonds. The number of likely N-dealkylation sites (tertiary alicyclic amines) is 1. The Balaban J connectivity index is 1.40. The van der Waals surface area contributed by atoms with Crippen LogP contribution in [0.1, 0.15) is 28.2 Å². The van der Waals surface area contributed by atoms with E-state index in [-0.39, 0.29) is 11.9 Å². The molecule has 5 rings (SSSR count). The molecule has 2 aliphatic rings. The maximum absolute atomic E-state index is 14.1.